The summed E-state index contributed by atoms with van der Waals surface area (Å²) in [6.07, 6.45) is 0. The Kier molecular flexibility index (Phi) is 6.22. The van der Waals surface area contributed by atoms with Gasteiger partial charge in [-0.1, -0.05) is 163 Å². The highest BCUT2D eigenvalue weighted by Crippen LogP contribution is 2.53. The van der Waals surface area contributed by atoms with E-state index >= 15 is 0 Å². The number of hydrogen-bond donors (Lipinski definition) is 0. The van der Waals surface area contributed by atoms with Gasteiger partial charge in [0.1, 0.15) is 0 Å². The van der Waals surface area contributed by atoms with Crippen molar-refractivity contribution in [3.8, 4) is 22.4 Å². The van der Waals surface area contributed by atoms with E-state index in [1.807, 2.05) is 11.3 Å². The fourth-order valence-electron chi connectivity index (χ4n) is 8.36. The van der Waals surface area contributed by atoms with Crippen molar-refractivity contribution in [1.82, 2.24) is 9.97 Å². The number of fused-ring (bicyclic) bond motifs is 13. The number of rotatable bonds is 3. The van der Waals surface area contributed by atoms with Crippen LogP contribution in [0.2, 0.25) is 0 Å². The summed E-state index contributed by atoms with van der Waals surface area (Å²) in [7, 11) is 0. The van der Waals surface area contributed by atoms with Crippen LogP contribution in [0.15, 0.2) is 170 Å². The molecule has 0 saturated carbocycles. The first-order valence-corrected chi connectivity index (χ1v) is 18.2. The van der Waals surface area contributed by atoms with Crippen molar-refractivity contribution in [3.63, 3.8) is 0 Å². The summed E-state index contributed by atoms with van der Waals surface area (Å²) in [5.74, 6) is 0.690. The van der Waals surface area contributed by atoms with Gasteiger partial charge in [0.15, 0.2) is 0 Å². The third kappa shape index (κ3) is 4.19. The Balaban J connectivity index is 1.38. The van der Waals surface area contributed by atoms with Crippen LogP contribution in [-0.2, 0) is 0 Å². The number of thiophene rings is 1. The Bertz CT molecular complexity index is 2990. The zero-order chi connectivity index (χ0) is 33.5. The predicted octanol–water partition coefficient (Wildman–Crippen LogP) is 10.9. The molecule has 10 aromatic rings. The molecule has 1 aliphatic rings. The fraction of sp³-hybridized carbons (Fsp3) is 0. The van der Waals surface area contributed by atoms with Gasteiger partial charge in [-0.2, -0.15) is 0 Å². The Labute approximate surface area is 299 Å². The number of benzene rings is 8. The average Bonchev–Trinajstić information content (AvgIpc) is 3.60. The van der Waals surface area contributed by atoms with Crippen LogP contribution in [0.1, 0.15) is 0 Å². The van der Waals surface area contributed by atoms with Crippen LogP contribution < -0.4 is 15.7 Å². The van der Waals surface area contributed by atoms with Crippen molar-refractivity contribution in [2.75, 3.05) is 4.81 Å². The molecule has 236 valence electrons. The second-order valence-electron chi connectivity index (χ2n) is 13.3. The Morgan fingerprint density at radius 2 is 1.16 bits per heavy atom. The van der Waals surface area contributed by atoms with Gasteiger partial charge in [0, 0.05) is 32.0 Å². The highest BCUT2D eigenvalue weighted by atomic mass is 32.1. The molecule has 8 aromatic carbocycles. The van der Waals surface area contributed by atoms with Gasteiger partial charge in [-0.15, -0.1) is 11.3 Å². The van der Waals surface area contributed by atoms with Gasteiger partial charge in [0.25, 0.3) is 0 Å². The van der Waals surface area contributed by atoms with E-state index in [2.05, 4.69) is 175 Å². The summed E-state index contributed by atoms with van der Waals surface area (Å²) in [5, 5.41) is 8.57. The highest BCUT2D eigenvalue weighted by molar-refractivity contribution is 7.26. The molecule has 2 aromatic heterocycles. The molecular formula is C46H28BN3S. The Morgan fingerprint density at radius 1 is 0.510 bits per heavy atom. The van der Waals surface area contributed by atoms with E-state index in [1.165, 1.54) is 63.8 Å². The molecule has 11 rings (SSSR count). The SMILES string of the molecule is c1ccc(B2c3c(ccc4ccccc34)-c3c(c4sc5ccccc5c4c4ccccc34)N2c2nc(-c3ccccc3)c3ccccc3n2)cc1. The minimum atomic E-state index is -0.195. The van der Waals surface area contributed by atoms with Crippen LogP contribution in [0.5, 0.6) is 0 Å². The molecule has 0 aliphatic carbocycles. The van der Waals surface area contributed by atoms with Gasteiger partial charge < -0.3 is 4.81 Å². The molecule has 0 radical (unpaired) electrons. The van der Waals surface area contributed by atoms with E-state index < -0.39 is 0 Å². The Hall–Kier alpha value is -6.30. The largest absolute Gasteiger partial charge is 0.344 e. The van der Waals surface area contributed by atoms with Crippen LogP contribution in [0, 0.1) is 0 Å². The molecule has 51 heavy (non-hydrogen) atoms. The topological polar surface area (TPSA) is 29.0 Å². The quantitative estimate of drug-likeness (QED) is 0.176. The second-order valence-corrected chi connectivity index (χ2v) is 14.3. The molecule has 0 saturated heterocycles. The summed E-state index contributed by atoms with van der Waals surface area (Å²) in [6, 6.07) is 61.1. The highest BCUT2D eigenvalue weighted by Gasteiger charge is 2.42. The zero-order valence-corrected chi connectivity index (χ0v) is 28.3. The minimum absolute atomic E-state index is 0.195. The Morgan fingerprint density at radius 3 is 1.98 bits per heavy atom. The molecule has 0 spiro atoms. The monoisotopic (exact) mass is 665 g/mol. The number of anilines is 2. The van der Waals surface area contributed by atoms with Crippen molar-refractivity contribution in [2.45, 2.75) is 0 Å². The number of hydrogen-bond acceptors (Lipinski definition) is 4. The van der Waals surface area contributed by atoms with E-state index in [1.54, 1.807) is 0 Å². The molecule has 0 unspecified atom stereocenters. The first-order valence-electron chi connectivity index (χ1n) is 17.4. The number of nitrogens with zero attached hydrogens (tertiary/aromatic N) is 3. The van der Waals surface area contributed by atoms with Crippen molar-refractivity contribution < 1.29 is 0 Å². The molecule has 0 amide bonds. The predicted molar refractivity (Wildman–Crippen MR) is 218 cm³/mol. The van der Waals surface area contributed by atoms with E-state index in [-0.39, 0.29) is 6.85 Å². The van der Waals surface area contributed by atoms with E-state index in [4.69, 9.17) is 9.97 Å². The van der Waals surface area contributed by atoms with Crippen LogP contribution in [-0.4, -0.2) is 16.8 Å². The molecule has 0 N–H and O–H groups in total. The zero-order valence-electron chi connectivity index (χ0n) is 27.5. The van der Waals surface area contributed by atoms with Crippen LogP contribution in [0.3, 0.4) is 0 Å². The maximum atomic E-state index is 5.58. The summed E-state index contributed by atoms with van der Waals surface area (Å²) < 4.78 is 2.53. The van der Waals surface area contributed by atoms with E-state index in [0.29, 0.717) is 5.95 Å². The molecule has 3 heterocycles. The van der Waals surface area contributed by atoms with Gasteiger partial charge in [-0.3, -0.25) is 0 Å². The van der Waals surface area contributed by atoms with Crippen molar-refractivity contribution >= 4 is 93.4 Å². The van der Waals surface area contributed by atoms with E-state index in [9.17, 15) is 0 Å². The summed E-state index contributed by atoms with van der Waals surface area (Å²) in [5.41, 5.74) is 9.05. The van der Waals surface area contributed by atoms with Crippen LogP contribution >= 0.6 is 11.3 Å². The minimum Gasteiger partial charge on any atom is -0.344 e. The van der Waals surface area contributed by atoms with Crippen molar-refractivity contribution in [2.24, 2.45) is 0 Å². The summed E-state index contributed by atoms with van der Waals surface area (Å²) in [4.78, 5) is 13.5. The maximum absolute atomic E-state index is 5.58. The normalized spacial score (nSPS) is 12.6. The van der Waals surface area contributed by atoms with Crippen LogP contribution in [0.25, 0.3) is 75.0 Å². The molecule has 0 atom stereocenters. The number of para-hydroxylation sites is 1. The van der Waals surface area contributed by atoms with Gasteiger partial charge in [-0.25, -0.2) is 9.97 Å². The van der Waals surface area contributed by atoms with Gasteiger partial charge in [-0.05, 0) is 44.7 Å². The summed E-state index contributed by atoms with van der Waals surface area (Å²) >= 11 is 1.87. The molecule has 5 heteroatoms. The van der Waals surface area contributed by atoms with Gasteiger partial charge in [0.05, 0.1) is 21.6 Å². The lowest BCUT2D eigenvalue weighted by Gasteiger charge is -2.39. The van der Waals surface area contributed by atoms with E-state index in [0.717, 1.165) is 27.8 Å². The molecule has 3 nitrogen and oxygen atoms in total. The van der Waals surface area contributed by atoms with Gasteiger partial charge >= 0.3 is 6.85 Å². The fourth-order valence-corrected chi connectivity index (χ4v) is 9.63. The molecular weight excluding hydrogens is 637 g/mol. The molecule has 1 aliphatic heterocycles. The number of aromatic nitrogens is 2. The van der Waals surface area contributed by atoms with Crippen molar-refractivity contribution in [3.05, 3.63) is 170 Å². The maximum Gasteiger partial charge on any atom is 0.332 e. The molecule has 0 fully saturated rings. The lowest BCUT2D eigenvalue weighted by Crippen LogP contribution is -2.58. The first kappa shape index (κ1) is 28.5. The van der Waals surface area contributed by atoms with Gasteiger partial charge in [0.2, 0.25) is 5.95 Å². The smallest absolute Gasteiger partial charge is 0.332 e. The lowest BCUT2D eigenvalue weighted by atomic mass is 9.45. The second kappa shape index (κ2) is 11.1. The third-order valence-electron chi connectivity index (χ3n) is 10.5. The van der Waals surface area contributed by atoms with Crippen LogP contribution in [0.4, 0.5) is 11.6 Å². The first-order chi connectivity index (χ1) is 25.3. The average molecular weight is 666 g/mol. The summed E-state index contributed by atoms with van der Waals surface area (Å²) in [6.45, 7) is -0.195. The molecule has 0 bridgehead atoms. The lowest BCUT2D eigenvalue weighted by molar-refractivity contribution is 1.16. The standard InChI is InChI=1S/C46H28BN3S/c1-3-16-30(17-4-1)43-35-23-11-13-25-38(35)48-46(49-43)50-44-40(33-21-9-10-22-34(33)41-36-24-12-14-26-39(36)51-45(41)44)37-28-27-29-15-7-8-20-32(29)42(37)47(50)31-18-5-2-6-19-31/h1-28H. The van der Waals surface area contributed by atoms with Crippen molar-refractivity contribution in [1.29, 1.82) is 0 Å². The third-order valence-corrected chi connectivity index (χ3v) is 11.7.